The van der Waals surface area contributed by atoms with Gasteiger partial charge in [-0.15, -0.1) is 6.58 Å². The van der Waals surface area contributed by atoms with Crippen molar-refractivity contribution in [2.45, 2.75) is 124 Å². The highest BCUT2D eigenvalue weighted by Crippen LogP contribution is 2.65. The number of nitrogens with zero attached hydrogens (tertiary/aromatic N) is 1. The van der Waals surface area contributed by atoms with Gasteiger partial charge in [0.05, 0.1) is 12.6 Å². The number of nitrogens with one attached hydrogen (secondary N) is 4. The normalized spacial score (nSPS) is 23.4. The zero-order chi connectivity index (χ0) is 35.3. The van der Waals surface area contributed by atoms with Gasteiger partial charge in [-0.1, -0.05) is 60.0 Å². The second-order valence-electron chi connectivity index (χ2n) is 16.1. The van der Waals surface area contributed by atoms with E-state index in [2.05, 4.69) is 27.8 Å². The molecule has 0 bridgehead atoms. The van der Waals surface area contributed by atoms with Gasteiger partial charge >= 0.3 is 6.09 Å². The van der Waals surface area contributed by atoms with E-state index in [1.807, 2.05) is 34.6 Å². The van der Waals surface area contributed by atoms with Crippen molar-refractivity contribution in [2.24, 2.45) is 28.6 Å². The molecule has 0 aromatic heterocycles. The monoisotopic (exact) mass is 659 g/mol. The highest BCUT2D eigenvalue weighted by molar-refractivity contribution is 6.38. The number of hydrogen-bond acceptors (Lipinski definition) is 7. The van der Waals surface area contributed by atoms with E-state index in [-0.39, 0.29) is 36.1 Å². The number of piperidine rings is 1. The predicted molar refractivity (Wildman–Crippen MR) is 178 cm³/mol. The summed E-state index contributed by atoms with van der Waals surface area (Å²) >= 11 is 0. The topological polar surface area (TPSA) is 163 Å². The van der Waals surface area contributed by atoms with Crippen molar-refractivity contribution in [3.8, 4) is 0 Å². The summed E-state index contributed by atoms with van der Waals surface area (Å²) in [5.74, 6) is -2.86. The van der Waals surface area contributed by atoms with Crippen molar-refractivity contribution in [2.75, 3.05) is 19.6 Å². The van der Waals surface area contributed by atoms with Crippen LogP contribution in [0, 0.1) is 28.6 Å². The fourth-order valence-corrected chi connectivity index (χ4v) is 6.98. The molecule has 5 atom stereocenters. The van der Waals surface area contributed by atoms with Crippen LogP contribution in [0.15, 0.2) is 12.7 Å². The number of amides is 5. The summed E-state index contributed by atoms with van der Waals surface area (Å²) in [7, 11) is 0. The standard InChI is InChI=1S/C35H57N5O7/c1-10-11-17-23(27(42)30(44)37-19-24(41)36-18-21-15-13-12-14-16-21)38-29(43)26-25-22(35(25,8)9)20-40(26)31(45)28(33(2,3)4)39-32(46)47-34(5,6)7/h10,21-23,25-26,28H,1,11-20H2,2-9H3,(H,36,41)(H,37,44)(H,38,43)(H,39,46)/t22-,23-,25-,26-,28+/m0/s1. The number of ether oxygens (including phenoxy) is 1. The average Bonchev–Trinajstić information content (AvgIpc) is 3.29. The number of Topliss-reactive ketones (excluding diaryl/α,β-unsaturated/α-hetero) is 1. The first-order chi connectivity index (χ1) is 21.8. The maximum absolute atomic E-state index is 14.1. The molecule has 0 aromatic rings. The Morgan fingerprint density at radius 2 is 1.60 bits per heavy atom. The minimum absolute atomic E-state index is 0.0575. The summed E-state index contributed by atoms with van der Waals surface area (Å²) in [6.07, 6.45) is 6.96. The molecule has 3 fully saturated rings. The Morgan fingerprint density at radius 3 is 2.17 bits per heavy atom. The molecule has 12 heteroatoms. The van der Waals surface area contributed by atoms with Gasteiger partial charge in [-0.3, -0.25) is 24.0 Å². The largest absolute Gasteiger partial charge is 0.444 e. The van der Waals surface area contributed by atoms with E-state index >= 15 is 0 Å². The quantitative estimate of drug-likeness (QED) is 0.174. The Hall–Kier alpha value is -3.44. The molecule has 4 N–H and O–H groups in total. The number of carbonyl (C=O) groups is 6. The lowest BCUT2D eigenvalue weighted by molar-refractivity contribution is -0.145. The zero-order valence-electron chi connectivity index (χ0n) is 29.6. The van der Waals surface area contributed by atoms with Crippen LogP contribution in [0.1, 0.15) is 100 Å². The molecule has 1 heterocycles. The fourth-order valence-electron chi connectivity index (χ4n) is 6.98. The first-order valence-corrected chi connectivity index (χ1v) is 17.1. The van der Waals surface area contributed by atoms with E-state index in [1.165, 1.54) is 11.3 Å². The lowest BCUT2D eigenvalue weighted by Gasteiger charge is -2.38. The molecule has 2 saturated carbocycles. The molecule has 3 aliphatic rings. The van der Waals surface area contributed by atoms with Gasteiger partial charge in [-0.2, -0.15) is 0 Å². The van der Waals surface area contributed by atoms with Gasteiger partial charge in [-0.05, 0) is 75.0 Å². The van der Waals surface area contributed by atoms with E-state index in [4.69, 9.17) is 4.74 Å². The van der Waals surface area contributed by atoms with Gasteiger partial charge in [-0.25, -0.2) is 4.79 Å². The molecule has 0 aromatic carbocycles. The number of alkyl carbamates (subject to hydrolysis) is 1. The van der Waals surface area contributed by atoms with E-state index in [9.17, 15) is 28.8 Å². The first kappa shape index (κ1) is 38.0. The number of ketones is 1. The molecule has 3 rings (SSSR count). The smallest absolute Gasteiger partial charge is 0.408 e. The lowest BCUT2D eigenvalue weighted by atomic mass is 9.85. The van der Waals surface area contributed by atoms with Crippen LogP contribution < -0.4 is 21.3 Å². The molecule has 264 valence electrons. The van der Waals surface area contributed by atoms with Gasteiger partial charge in [0, 0.05) is 13.1 Å². The van der Waals surface area contributed by atoms with Gasteiger partial charge in [0.1, 0.15) is 17.7 Å². The molecule has 5 amide bonds. The van der Waals surface area contributed by atoms with Crippen LogP contribution in [0.25, 0.3) is 0 Å². The van der Waals surface area contributed by atoms with Crippen molar-refractivity contribution in [1.82, 2.24) is 26.2 Å². The number of fused-ring (bicyclic) bond motifs is 1. The van der Waals surface area contributed by atoms with E-state index in [0.717, 1.165) is 25.7 Å². The number of hydrogen-bond donors (Lipinski definition) is 4. The third kappa shape index (κ3) is 10.0. The number of carbonyl (C=O) groups excluding carboxylic acids is 6. The molecule has 1 saturated heterocycles. The summed E-state index contributed by atoms with van der Waals surface area (Å²) in [6.45, 7) is 18.9. The van der Waals surface area contributed by atoms with Crippen LogP contribution in [0.5, 0.6) is 0 Å². The van der Waals surface area contributed by atoms with Crippen molar-refractivity contribution in [3.63, 3.8) is 0 Å². The maximum Gasteiger partial charge on any atom is 0.408 e. The second kappa shape index (κ2) is 15.2. The fraction of sp³-hybridized carbons (Fsp3) is 0.771. The molecule has 0 spiro atoms. The van der Waals surface area contributed by atoms with Crippen LogP contribution in [0.2, 0.25) is 0 Å². The van der Waals surface area contributed by atoms with Gasteiger partial charge in [0.25, 0.3) is 5.91 Å². The van der Waals surface area contributed by atoms with E-state index in [1.54, 1.807) is 26.8 Å². The number of rotatable bonds is 13. The highest BCUT2D eigenvalue weighted by atomic mass is 16.6. The Labute approximate surface area is 279 Å². The summed E-state index contributed by atoms with van der Waals surface area (Å²) in [4.78, 5) is 80.8. The summed E-state index contributed by atoms with van der Waals surface area (Å²) < 4.78 is 5.42. The third-order valence-electron chi connectivity index (χ3n) is 9.77. The van der Waals surface area contributed by atoms with Crippen molar-refractivity contribution < 1.29 is 33.5 Å². The molecule has 0 radical (unpaired) electrons. The zero-order valence-corrected chi connectivity index (χ0v) is 29.6. The van der Waals surface area contributed by atoms with Crippen LogP contribution >= 0.6 is 0 Å². The molecule has 0 unspecified atom stereocenters. The van der Waals surface area contributed by atoms with E-state index in [0.29, 0.717) is 25.4 Å². The van der Waals surface area contributed by atoms with Crippen LogP contribution in [0.4, 0.5) is 4.79 Å². The molecule has 1 aliphatic heterocycles. The second-order valence-corrected chi connectivity index (χ2v) is 16.1. The van der Waals surface area contributed by atoms with Crippen molar-refractivity contribution in [1.29, 1.82) is 0 Å². The molecular formula is C35H57N5O7. The van der Waals surface area contributed by atoms with Crippen molar-refractivity contribution >= 4 is 35.5 Å². The van der Waals surface area contributed by atoms with Crippen LogP contribution in [0.3, 0.4) is 0 Å². The summed E-state index contributed by atoms with van der Waals surface area (Å²) in [6, 6.07) is -3.07. The molecule has 2 aliphatic carbocycles. The Bertz CT molecular complexity index is 1210. The molecular weight excluding hydrogens is 602 g/mol. The van der Waals surface area contributed by atoms with Gasteiger partial charge < -0.3 is 30.9 Å². The number of allylic oxidation sites excluding steroid dienone is 1. The molecule has 12 nitrogen and oxygen atoms in total. The summed E-state index contributed by atoms with van der Waals surface area (Å²) in [5, 5.41) is 10.7. The van der Waals surface area contributed by atoms with Crippen molar-refractivity contribution in [3.05, 3.63) is 12.7 Å². The Kier molecular flexibility index (Phi) is 12.3. The average molecular weight is 660 g/mol. The van der Waals surface area contributed by atoms with Crippen LogP contribution in [-0.2, 0) is 28.7 Å². The minimum atomic E-state index is -1.18. The van der Waals surface area contributed by atoms with Gasteiger partial charge in [0.15, 0.2) is 0 Å². The molecule has 47 heavy (non-hydrogen) atoms. The number of likely N-dealkylation sites (tertiary alicyclic amines) is 1. The van der Waals surface area contributed by atoms with Gasteiger partial charge in [0.2, 0.25) is 23.5 Å². The van der Waals surface area contributed by atoms with Crippen LogP contribution in [-0.4, -0.2) is 83.8 Å². The highest BCUT2D eigenvalue weighted by Gasteiger charge is 2.70. The van der Waals surface area contributed by atoms with E-state index < -0.39 is 58.7 Å². The minimum Gasteiger partial charge on any atom is -0.444 e. The lowest BCUT2D eigenvalue weighted by Crippen LogP contribution is -2.60. The Balaban J connectivity index is 1.71. The third-order valence-corrected chi connectivity index (χ3v) is 9.77. The Morgan fingerprint density at radius 1 is 0.957 bits per heavy atom. The first-order valence-electron chi connectivity index (χ1n) is 17.1. The predicted octanol–water partition coefficient (Wildman–Crippen LogP) is 3.24. The SMILES string of the molecule is C=CCC[C@H](NC(=O)[C@@H]1[C@@H]2[C@H](CN1C(=O)[C@@H](NC(=O)OC(C)(C)C)C(C)(C)C)C2(C)C)C(=O)C(=O)NCC(=O)NCC1CCCCC1. The maximum atomic E-state index is 14.1. The summed E-state index contributed by atoms with van der Waals surface area (Å²) in [5.41, 5.74) is -1.69.